The van der Waals surface area contributed by atoms with Crippen molar-refractivity contribution >= 4 is 21.9 Å². The minimum absolute atomic E-state index is 0.0116. The third-order valence-corrected chi connectivity index (χ3v) is 2.16. The minimum Gasteiger partial charge on any atom is -0.480 e. The standard InChI is InChI=1S/C5H10BrNO2/c1-3(2-6)4(7)5(8)9/h3-4H,2,7H2,1H3,(H,8,9). The molecule has 2 atom stereocenters. The van der Waals surface area contributed by atoms with Crippen LogP contribution in [0.1, 0.15) is 6.92 Å². The van der Waals surface area contributed by atoms with Gasteiger partial charge in [0.15, 0.2) is 0 Å². The van der Waals surface area contributed by atoms with E-state index in [9.17, 15) is 4.79 Å². The molecular formula is C5H10BrNO2. The molecule has 0 rings (SSSR count). The number of alkyl halides is 1. The van der Waals surface area contributed by atoms with Crippen molar-refractivity contribution in [1.29, 1.82) is 0 Å². The highest BCUT2D eigenvalue weighted by Crippen LogP contribution is 2.03. The molecule has 4 heteroatoms. The number of carboxylic acid groups (broad SMARTS) is 1. The van der Waals surface area contributed by atoms with E-state index in [1.807, 2.05) is 0 Å². The predicted molar refractivity (Wildman–Crippen MR) is 38.6 cm³/mol. The molecule has 0 bridgehead atoms. The molecule has 0 aliphatic rings. The fraction of sp³-hybridized carbons (Fsp3) is 0.800. The second-order valence-electron chi connectivity index (χ2n) is 2.00. The summed E-state index contributed by atoms with van der Waals surface area (Å²) in [6.07, 6.45) is 0. The smallest absolute Gasteiger partial charge is 0.320 e. The zero-order chi connectivity index (χ0) is 7.44. The Kier molecular flexibility index (Phi) is 3.81. The lowest BCUT2D eigenvalue weighted by Crippen LogP contribution is -2.37. The zero-order valence-electron chi connectivity index (χ0n) is 5.17. The average Bonchev–Trinajstić information content (AvgIpc) is 1.84. The topological polar surface area (TPSA) is 63.3 Å². The first-order valence-corrected chi connectivity index (χ1v) is 3.76. The summed E-state index contributed by atoms with van der Waals surface area (Å²) < 4.78 is 0. The number of aliphatic carboxylic acids is 1. The van der Waals surface area contributed by atoms with Gasteiger partial charge in [0, 0.05) is 5.33 Å². The summed E-state index contributed by atoms with van der Waals surface area (Å²) in [5.41, 5.74) is 5.24. The van der Waals surface area contributed by atoms with E-state index >= 15 is 0 Å². The van der Waals surface area contributed by atoms with Gasteiger partial charge in [0.2, 0.25) is 0 Å². The first-order valence-electron chi connectivity index (χ1n) is 2.64. The van der Waals surface area contributed by atoms with Gasteiger partial charge in [0.25, 0.3) is 0 Å². The number of rotatable bonds is 3. The number of halogens is 1. The van der Waals surface area contributed by atoms with Crippen molar-refractivity contribution in [3.63, 3.8) is 0 Å². The summed E-state index contributed by atoms with van der Waals surface area (Å²) >= 11 is 3.14. The molecule has 0 fully saturated rings. The molecule has 0 aromatic heterocycles. The number of hydrogen-bond acceptors (Lipinski definition) is 2. The number of carboxylic acids is 1. The molecule has 0 radical (unpaired) electrons. The highest BCUT2D eigenvalue weighted by molar-refractivity contribution is 9.09. The maximum atomic E-state index is 10.2. The van der Waals surface area contributed by atoms with Gasteiger partial charge in [-0.3, -0.25) is 4.79 Å². The monoisotopic (exact) mass is 195 g/mol. The van der Waals surface area contributed by atoms with Gasteiger partial charge in [0.1, 0.15) is 6.04 Å². The molecule has 0 amide bonds. The lowest BCUT2D eigenvalue weighted by atomic mass is 10.1. The summed E-state index contributed by atoms with van der Waals surface area (Å²) in [6, 6.07) is -0.746. The second-order valence-corrected chi connectivity index (χ2v) is 2.64. The van der Waals surface area contributed by atoms with E-state index in [2.05, 4.69) is 15.9 Å². The van der Waals surface area contributed by atoms with E-state index in [4.69, 9.17) is 10.8 Å². The Bertz CT molecular complexity index is 107. The molecule has 0 aliphatic heterocycles. The van der Waals surface area contributed by atoms with Crippen molar-refractivity contribution < 1.29 is 9.90 Å². The average molecular weight is 196 g/mol. The summed E-state index contributed by atoms with van der Waals surface area (Å²) in [4.78, 5) is 10.2. The molecule has 0 spiro atoms. The van der Waals surface area contributed by atoms with Gasteiger partial charge in [-0.15, -0.1) is 0 Å². The van der Waals surface area contributed by atoms with Gasteiger partial charge >= 0.3 is 5.97 Å². The van der Waals surface area contributed by atoms with E-state index in [1.54, 1.807) is 6.92 Å². The fourth-order valence-corrected chi connectivity index (χ4v) is 0.742. The second kappa shape index (κ2) is 3.85. The van der Waals surface area contributed by atoms with Crippen molar-refractivity contribution in [3.05, 3.63) is 0 Å². The van der Waals surface area contributed by atoms with Crippen LogP contribution in [0.5, 0.6) is 0 Å². The van der Waals surface area contributed by atoms with Gasteiger partial charge in [-0.2, -0.15) is 0 Å². The van der Waals surface area contributed by atoms with Crippen LogP contribution in [-0.4, -0.2) is 22.4 Å². The Morgan fingerprint density at radius 3 is 2.44 bits per heavy atom. The van der Waals surface area contributed by atoms with Crippen molar-refractivity contribution in [1.82, 2.24) is 0 Å². The lowest BCUT2D eigenvalue weighted by Gasteiger charge is -2.11. The highest BCUT2D eigenvalue weighted by Gasteiger charge is 2.17. The quantitative estimate of drug-likeness (QED) is 0.643. The molecule has 0 heterocycles. The highest BCUT2D eigenvalue weighted by atomic mass is 79.9. The molecule has 9 heavy (non-hydrogen) atoms. The maximum Gasteiger partial charge on any atom is 0.320 e. The van der Waals surface area contributed by atoms with Crippen LogP contribution in [0.3, 0.4) is 0 Å². The van der Waals surface area contributed by atoms with E-state index in [1.165, 1.54) is 0 Å². The van der Waals surface area contributed by atoms with Crippen LogP contribution in [0.15, 0.2) is 0 Å². The Hall–Kier alpha value is -0.0900. The summed E-state index contributed by atoms with van der Waals surface area (Å²) in [6.45, 7) is 1.79. The van der Waals surface area contributed by atoms with Crippen molar-refractivity contribution in [3.8, 4) is 0 Å². The van der Waals surface area contributed by atoms with Gasteiger partial charge in [-0.1, -0.05) is 22.9 Å². The van der Waals surface area contributed by atoms with Crippen LogP contribution in [0.25, 0.3) is 0 Å². The van der Waals surface area contributed by atoms with E-state index < -0.39 is 12.0 Å². The van der Waals surface area contributed by atoms with Crippen LogP contribution < -0.4 is 5.73 Å². The molecule has 3 N–H and O–H groups in total. The van der Waals surface area contributed by atoms with Crippen LogP contribution >= 0.6 is 15.9 Å². The Morgan fingerprint density at radius 1 is 1.89 bits per heavy atom. The van der Waals surface area contributed by atoms with Gasteiger partial charge < -0.3 is 10.8 Å². The molecule has 0 saturated heterocycles. The number of nitrogens with two attached hydrogens (primary N) is 1. The third-order valence-electron chi connectivity index (χ3n) is 1.14. The van der Waals surface area contributed by atoms with Crippen molar-refractivity contribution in [2.24, 2.45) is 11.7 Å². The normalized spacial score (nSPS) is 16.8. The Morgan fingerprint density at radius 2 is 2.33 bits per heavy atom. The van der Waals surface area contributed by atoms with E-state index in [0.29, 0.717) is 5.33 Å². The van der Waals surface area contributed by atoms with Crippen molar-refractivity contribution in [2.75, 3.05) is 5.33 Å². The van der Waals surface area contributed by atoms with Gasteiger partial charge in [-0.25, -0.2) is 0 Å². The number of hydrogen-bond donors (Lipinski definition) is 2. The molecule has 3 nitrogen and oxygen atoms in total. The largest absolute Gasteiger partial charge is 0.480 e. The zero-order valence-corrected chi connectivity index (χ0v) is 6.76. The maximum absolute atomic E-state index is 10.2. The van der Waals surface area contributed by atoms with Crippen LogP contribution in [0.4, 0.5) is 0 Å². The first-order chi connectivity index (χ1) is 4.09. The SMILES string of the molecule is CC(CBr)C(N)C(=O)O. The van der Waals surface area contributed by atoms with E-state index in [0.717, 1.165) is 0 Å². The predicted octanol–water partition coefficient (Wildman–Crippen LogP) is 0.429. The lowest BCUT2D eigenvalue weighted by molar-refractivity contribution is -0.139. The molecule has 0 saturated carbocycles. The van der Waals surface area contributed by atoms with Crippen LogP contribution in [0, 0.1) is 5.92 Å². The van der Waals surface area contributed by atoms with Crippen molar-refractivity contribution in [2.45, 2.75) is 13.0 Å². The minimum atomic E-state index is -0.943. The Labute approximate surface area is 62.4 Å². The van der Waals surface area contributed by atoms with Crippen LogP contribution in [0.2, 0.25) is 0 Å². The third kappa shape index (κ3) is 2.81. The summed E-state index contributed by atoms with van der Waals surface area (Å²) in [7, 11) is 0. The Balaban J connectivity index is 3.72. The molecular weight excluding hydrogens is 186 g/mol. The van der Waals surface area contributed by atoms with Gasteiger partial charge in [-0.05, 0) is 5.92 Å². The summed E-state index contributed by atoms with van der Waals surface area (Å²) in [5.74, 6) is -0.954. The molecule has 2 unspecified atom stereocenters. The molecule has 0 aliphatic carbocycles. The first kappa shape index (κ1) is 8.91. The van der Waals surface area contributed by atoms with Gasteiger partial charge in [0.05, 0.1) is 0 Å². The van der Waals surface area contributed by atoms with E-state index in [-0.39, 0.29) is 5.92 Å². The fourth-order valence-electron chi connectivity index (χ4n) is 0.339. The summed E-state index contributed by atoms with van der Waals surface area (Å²) in [5, 5.41) is 8.96. The molecule has 54 valence electrons. The molecule has 0 aromatic carbocycles. The van der Waals surface area contributed by atoms with Crippen LogP contribution in [-0.2, 0) is 4.79 Å². The molecule has 0 aromatic rings. The number of carbonyl (C=O) groups is 1.